The van der Waals surface area contributed by atoms with E-state index in [0.29, 0.717) is 17.4 Å². The normalized spacial score (nSPS) is 21.8. The van der Waals surface area contributed by atoms with Gasteiger partial charge in [-0.3, -0.25) is 0 Å². The molecule has 0 N–H and O–H groups in total. The molecule has 26 heavy (non-hydrogen) atoms. The number of rotatable bonds is 4. The van der Waals surface area contributed by atoms with E-state index in [1.165, 1.54) is 5.01 Å². The lowest BCUT2D eigenvalue weighted by Crippen LogP contribution is -2.26. The van der Waals surface area contributed by atoms with Crippen molar-refractivity contribution in [1.82, 2.24) is 14.6 Å². The number of thioether (sulfide) groups is 1. The summed E-state index contributed by atoms with van der Waals surface area (Å²) in [4.78, 5) is 9.05. The maximum atomic E-state index is 13.0. The van der Waals surface area contributed by atoms with Crippen LogP contribution in [-0.2, 0) is 7.05 Å². The van der Waals surface area contributed by atoms with Crippen LogP contribution in [0.25, 0.3) is 0 Å². The molecule has 1 saturated carbocycles. The van der Waals surface area contributed by atoms with Crippen molar-refractivity contribution in [2.75, 3.05) is 12.8 Å². The first-order chi connectivity index (χ1) is 12.2. The third kappa shape index (κ3) is 3.72. The lowest BCUT2D eigenvalue weighted by molar-refractivity contribution is -0.0857. The molecule has 2 aliphatic rings. The van der Waals surface area contributed by atoms with E-state index in [1.807, 2.05) is 14.0 Å². The zero-order valence-corrected chi connectivity index (χ0v) is 15.7. The Morgan fingerprint density at radius 2 is 2.00 bits per heavy atom. The Morgan fingerprint density at radius 1 is 1.31 bits per heavy atom. The van der Waals surface area contributed by atoms with Crippen molar-refractivity contribution < 1.29 is 13.2 Å². The third-order valence-electron chi connectivity index (χ3n) is 4.09. The molecule has 0 saturated heterocycles. The number of halogens is 3. The number of aliphatic imine (C=N–C) groups is 1. The molecule has 140 valence electrons. The van der Waals surface area contributed by atoms with Crippen molar-refractivity contribution in [3.8, 4) is 0 Å². The van der Waals surface area contributed by atoms with Crippen molar-refractivity contribution in [2.24, 2.45) is 17.1 Å². The number of hydrazone groups is 1. The second-order valence-electron chi connectivity index (χ2n) is 6.18. The number of hydrogen-bond donors (Lipinski definition) is 0. The van der Waals surface area contributed by atoms with Gasteiger partial charge in [-0.1, -0.05) is 13.5 Å². The summed E-state index contributed by atoms with van der Waals surface area (Å²) in [7, 11) is 3.53. The molecule has 0 radical (unpaired) electrons. The molecule has 0 bridgehead atoms. The molecule has 1 aromatic rings. The van der Waals surface area contributed by atoms with Gasteiger partial charge in [0.1, 0.15) is 16.5 Å². The highest BCUT2D eigenvalue weighted by molar-refractivity contribution is 7.99. The van der Waals surface area contributed by atoms with Crippen molar-refractivity contribution in [1.29, 1.82) is 0 Å². The monoisotopic (exact) mass is 383 g/mol. The molecule has 0 aromatic carbocycles. The van der Waals surface area contributed by atoms with Crippen LogP contribution in [0, 0.1) is 0 Å². The van der Waals surface area contributed by atoms with Gasteiger partial charge in [-0.2, -0.15) is 18.3 Å². The molecule has 0 atom stereocenters. The van der Waals surface area contributed by atoms with E-state index in [2.05, 4.69) is 21.2 Å². The average Bonchev–Trinajstić information content (AvgIpc) is 3.33. The van der Waals surface area contributed by atoms with Crippen molar-refractivity contribution >= 4 is 23.8 Å². The second-order valence-corrected chi connectivity index (χ2v) is 7.44. The van der Waals surface area contributed by atoms with E-state index < -0.39 is 11.7 Å². The Kier molecular flexibility index (Phi) is 5.01. The molecular formula is C17H20F3N5S. The van der Waals surface area contributed by atoms with E-state index in [4.69, 9.17) is 4.98 Å². The molecule has 1 aliphatic heterocycles. The van der Waals surface area contributed by atoms with Gasteiger partial charge in [-0.15, -0.1) is 11.8 Å². The van der Waals surface area contributed by atoms with E-state index in [9.17, 15) is 13.2 Å². The van der Waals surface area contributed by atoms with Gasteiger partial charge in [0.05, 0.1) is 17.5 Å². The molecule has 3 rings (SSSR count). The molecule has 9 heteroatoms. The largest absolute Gasteiger partial charge is 0.418 e. The molecule has 0 amide bonds. The van der Waals surface area contributed by atoms with Gasteiger partial charge in [0.2, 0.25) is 0 Å². The van der Waals surface area contributed by atoms with Crippen molar-refractivity contribution in [2.45, 2.75) is 36.9 Å². The Hall–Kier alpha value is -2.03. The fourth-order valence-corrected chi connectivity index (χ4v) is 3.51. The van der Waals surface area contributed by atoms with Crippen molar-refractivity contribution in [3.05, 3.63) is 35.4 Å². The van der Waals surface area contributed by atoms with Crippen LogP contribution in [0.15, 0.2) is 39.0 Å². The molecule has 5 nitrogen and oxygen atoms in total. The first kappa shape index (κ1) is 18.8. The summed E-state index contributed by atoms with van der Waals surface area (Å²) < 4.78 is 41.1. The lowest BCUT2D eigenvalue weighted by Gasteiger charge is -2.18. The summed E-state index contributed by atoms with van der Waals surface area (Å²) in [5.41, 5.74) is -0.248. The van der Waals surface area contributed by atoms with Crippen LogP contribution < -0.4 is 0 Å². The van der Waals surface area contributed by atoms with E-state index in [0.717, 1.165) is 41.7 Å². The van der Waals surface area contributed by atoms with Crippen LogP contribution in [0.1, 0.15) is 37.2 Å². The topological polar surface area (TPSA) is 45.8 Å². The Morgan fingerprint density at radius 3 is 2.58 bits per heavy atom. The molecule has 1 aromatic heterocycles. The van der Waals surface area contributed by atoms with Gasteiger partial charge in [0, 0.05) is 20.0 Å². The summed E-state index contributed by atoms with van der Waals surface area (Å²) in [6, 6.07) is 0. The predicted octanol–water partition coefficient (Wildman–Crippen LogP) is 4.09. The highest BCUT2D eigenvalue weighted by Crippen LogP contribution is 2.41. The number of allylic oxidation sites excluding steroid dienone is 2. The van der Waals surface area contributed by atoms with Crippen LogP contribution in [0.4, 0.5) is 13.2 Å². The van der Waals surface area contributed by atoms with Gasteiger partial charge in [-0.25, -0.2) is 15.0 Å². The van der Waals surface area contributed by atoms with Gasteiger partial charge in [0.25, 0.3) is 0 Å². The van der Waals surface area contributed by atoms with E-state index >= 15 is 0 Å². The summed E-state index contributed by atoms with van der Waals surface area (Å²) >= 11 is 1.62. The summed E-state index contributed by atoms with van der Waals surface area (Å²) in [6.07, 6.45) is -0.616. The Bertz CT molecular complexity index is 815. The van der Waals surface area contributed by atoms with Gasteiger partial charge in [-0.05, 0) is 24.7 Å². The number of aromatic nitrogens is 2. The minimum absolute atomic E-state index is 0.0106. The predicted molar refractivity (Wildman–Crippen MR) is 97.7 cm³/mol. The zero-order chi connectivity index (χ0) is 19.1. The van der Waals surface area contributed by atoms with Crippen LogP contribution in [0.5, 0.6) is 0 Å². The second kappa shape index (κ2) is 6.94. The maximum absolute atomic E-state index is 13.0. The first-order valence-electron chi connectivity index (χ1n) is 8.26. The molecular weight excluding hydrogens is 363 g/mol. The van der Waals surface area contributed by atoms with Gasteiger partial charge in [0.15, 0.2) is 5.84 Å². The minimum atomic E-state index is -4.51. The van der Waals surface area contributed by atoms with E-state index in [-0.39, 0.29) is 5.70 Å². The van der Waals surface area contributed by atoms with E-state index in [1.54, 1.807) is 18.8 Å². The first-order valence-corrected chi connectivity index (χ1v) is 9.25. The van der Waals surface area contributed by atoms with Crippen LogP contribution in [-0.4, -0.2) is 45.6 Å². The highest BCUT2D eigenvalue weighted by atomic mass is 32.2. The quantitative estimate of drug-likeness (QED) is 0.736. The number of alkyl halides is 3. The lowest BCUT2D eigenvalue weighted by atomic mass is 10.2. The van der Waals surface area contributed by atoms with Crippen molar-refractivity contribution in [3.63, 3.8) is 0 Å². The molecule has 1 aliphatic carbocycles. The molecule has 2 heterocycles. The smallest absolute Gasteiger partial charge is 0.325 e. The number of hydrogen-bond acceptors (Lipinski definition) is 5. The summed E-state index contributed by atoms with van der Waals surface area (Å²) in [5.74, 6) is 2.65. The standard InChI is InChI=1S/C17H20F3N5S/c1-5-26-16-13(23-14(24(16)3)11-6-7-11)15-22-10(2)8-12(17(18,19)20)9-21-25(15)4/h8-9,11H,2,5-7H2,1,3-4H3/b12-8+,21-9-,22-15?. The third-order valence-corrected chi connectivity index (χ3v) is 5.12. The maximum Gasteiger partial charge on any atom is 0.418 e. The summed E-state index contributed by atoms with van der Waals surface area (Å²) in [5, 5.41) is 6.17. The average molecular weight is 383 g/mol. The van der Waals surface area contributed by atoms with Crippen LogP contribution >= 0.6 is 11.8 Å². The number of amidine groups is 1. The fraction of sp³-hybridized carbons (Fsp3) is 0.471. The van der Waals surface area contributed by atoms with Crippen LogP contribution in [0.3, 0.4) is 0 Å². The number of imidazole rings is 1. The SMILES string of the molecule is C=C1/C=C(C(F)(F)F)\C=N/N(C)C(c2nc(C3CC3)n(C)c2SCC)=N1. The Balaban J connectivity index is 2.07. The highest BCUT2D eigenvalue weighted by Gasteiger charge is 2.35. The summed E-state index contributed by atoms with van der Waals surface area (Å²) in [6.45, 7) is 5.69. The Labute approximate surface area is 154 Å². The van der Waals surface area contributed by atoms with Gasteiger partial charge >= 0.3 is 6.18 Å². The molecule has 0 spiro atoms. The molecule has 0 unspecified atom stereocenters. The zero-order valence-electron chi connectivity index (χ0n) is 14.8. The fourth-order valence-electron chi connectivity index (χ4n) is 2.68. The van der Waals surface area contributed by atoms with Gasteiger partial charge < -0.3 is 4.57 Å². The molecule has 1 fully saturated rings. The number of nitrogens with zero attached hydrogens (tertiary/aromatic N) is 5. The van der Waals surface area contributed by atoms with Crippen LogP contribution in [0.2, 0.25) is 0 Å². The minimum Gasteiger partial charge on any atom is -0.325 e.